The molecule has 2 saturated carbocycles. The van der Waals surface area contributed by atoms with E-state index in [0.29, 0.717) is 17.9 Å². The monoisotopic (exact) mass is 412 g/mol. The van der Waals surface area contributed by atoms with E-state index in [1.807, 2.05) is 6.20 Å². The van der Waals surface area contributed by atoms with Gasteiger partial charge in [0.05, 0.1) is 6.61 Å². The van der Waals surface area contributed by atoms with E-state index < -0.39 is 0 Å². The van der Waals surface area contributed by atoms with Gasteiger partial charge < -0.3 is 15.0 Å². The number of hydrogen-bond donors (Lipinski definition) is 1. The van der Waals surface area contributed by atoms with Gasteiger partial charge >= 0.3 is 0 Å². The van der Waals surface area contributed by atoms with E-state index in [-0.39, 0.29) is 0 Å². The average Bonchev–Trinajstić information content (AvgIpc) is 3.45. The number of piperazine rings is 1. The molecule has 0 aromatic carbocycles. The van der Waals surface area contributed by atoms with Crippen LogP contribution in [0.4, 0.5) is 5.82 Å². The first kappa shape index (κ1) is 20.1. The molecule has 0 atom stereocenters. The van der Waals surface area contributed by atoms with Gasteiger partial charge in [0.15, 0.2) is 11.6 Å². The summed E-state index contributed by atoms with van der Waals surface area (Å²) in [7, 11) is 0. The van der Waals surface area contributed by atoms with E-state index in [2.05, 4.69) is 26.2 Å². The van der Waals surface area contributed by atoms with Crippen molar-refractivity contribution in [1.82, 2.24) is 15.2 Å². The highest BCUT2D eigenvalue weighted by molar-refractivity contribution is 5.76. The molecule has 0 radical (unpaired) electrons. The molecule has 4 aliphatic rings. The molecule has 0 bridgehead atoms. The molecule has 3 heterocycles. The van der Waals surface area contributed by atoms with Crippen LogP contribution in [0.1, 0.15) is 56.9 Å². The Balaban J connectivity index is 1.01. The van der Waals surface area contributed by atoms with Crippen LogP contribution < -0.4 is 15.0 Å². The van der Waals surface area contributed by atoms with Gasteiger partial charge in [0.2, 0.25) is 5.91 Å². The second kappa shape index (κ2) is 9.13. The molecule has 1 amide bonds. The van der Waals surface area contributed by atoms with Gasteiger partial charge in [-0.1, -0.05) is 0 Å². The lowest BCUT2D eigenvalue weighted by atomic mass is 9.84. The van der Waals surface area contributed by atoms with Gasteiger partial charge in [0, 0.05) is 56.8 Å². The summed E-state index contributed by atoms with van der Waals surface area (Å²) in [5, 5.41) is 3.28. The summed E-state index contributed by atoms with van der Waals surface area (Å²) >= 11 is 0. The van der Waals surface area contributed by atoms with Gasteiger partial charge in [-0.05, 0) is 69.4 Å². The fourth-order valence-corrected chi connectivity index (χ4v) is 5.33. The van der Waals surface area contributed by atoms with Crippen LogP contribution in [0.25, 0.3) is 0 Å². The lowest BCUT2D eigenvalue weighted by molar-refractivity contribution is -0.122. The van der Waals surface area contributed by atoms with Crippen LogP contribution in [-0.4, -0.2) is 61.2 Å². The second-order valence-electron chi connectivity index (χ2n) is 9.77. The number of aromatic nitrogens is 1. The Morgan fingerprint density at radius 2 is 1.83 bits per heavy atom. The Morgan fingerprint density at radius 1 is 1.07 bits per heavy atom. The molecule has 3 fully saturated rings. The summed E-state index contributed by atoms with van der Waals surface area (Å²) in [6.45, 7) is 6.28. The maximum absolute atomic E-state index is 12.0. The van der Waals surface area contributed by atoms with Gasteiger partial charge in [0.25, 0.3) is 0 Å². The molecule has 164 valence electrons. The molecular formula is C24H36N4O2. The van der Waals surface area contributed by atoms with E-state index in [0.717, 1.165) is 63.1 Å². The highest BCUT2D eigenvalue weighted by atomic mass is 16.5. The molecule has 0 spiro atoms. The molecule has 1 saturated heterocycles. The fourth-order valence-electron chi connectivity index (χ4n) is 5.33. The number of carbonyl (C=O) groups excluding carboxylic acids is 1. The van der Waals surface area contributed by atoms with Crippen molar-refractivity contribution in [3.05, 3.63) is 17.8 Å². The zero-order chi connectivity index (χ0) is 20.3. The van der Waals surface area contributed by atoms with Crippen molar-refractivity contribution in [1.29, 1.82) is 0 Å². The minimum absolute atomic E-state index is 0.294. The molecule has 6 nitrogen and oxygen atoms in total. The van der Waals surface area contributed by atoms with E-state index in [1.165, 1.54) is 57.1 Å². The third-order valence-electron chi connectivity index (χ3n) is 7.49. The smallest absolute Gasteiger partial charge is 0.220 e. The Kier molecular flexibility index (Phi) is 6.12. The lowest BCUT2D eigenvalue weighted by Gasteiger charge is -2.37. The van der Waals surface area contributed by atoms with Crippen LogP contribution in [0.5, 0.6) is 5.75 Å². The third-order valence-corrected chi connectivity index (χ3v) is 7.49. The van der Waals surface area contributed by atoms with Gasteiger partial charge in [0.1, 0.15) is 0 Å². The van der Waals surface area contributed by atoms with E-state index in [9.17, 15) is 4.79 Å². The number of ether oxygens (including phenoxy) is 1. The molecule has 6 heteroatoms. The first-order valence-electron chi connectivity index (χ1n) is 12.1. The van der Waals surface area contributed by atoms with Crippen molar-refractivity contribution < 1.29 is 9.53 Å². The minimum atomic E-state index is 0.294. The minimum Gasteiger partial charge on any atom is -0.489 e. The zero-order valence-corrected chi connectivity index (χ0v) is 18.2. The summed E-state index contributed by atoms with van der Waals surface area (Å²) in [5.74, 6) is 3.88. The number of pyridine rings is 1. The Morgan fingerprint density at radius 3 is 2.60 bits per heavy atom. The number of hydrogen-bond acceptors (Lipinski definition) is 5. The average molecular weight is 413 g/mol. The Hall–Kier alpha value is -1.82. The summed E-state index contributed by atoms with van der Waals surface area (Å²) in [6, 6.07) is 2.52. The summed E-state index contributed by atoms with van der Waals surface area (Å²) in [6.07, 6.45) is 12.4. The maximum Gasteiger partial charge on any atom is 0.220 e. The number of amides is 1. The normalized spacial score (nSPS) is 26.9. The van der Waals surface area contributed by atoms with Gasteiger partial charge in [-0.3, -0.25) is 9.69 Å². The van der Waals surface area contributed by atoms with Crippen molar-refractivity contribution in [3.8, 4) is 5.75 Å². The lowest BCUT2D eigenvalue weighted by Crippen LogP contribution is -2.47. The maximum atomic E-state index is 12.0. The van der Waals surface area contributed by atoms with Crippen LogP contribution in [0.15, 0.2) is 12.3 Å². The number of fused-ring (bicyclic) bond motifs is 1. The number of nitrogens with zero attached hydrogens (tertiary/aromatic N) is 3. The highest BCUT2D eigenvalue weighted by Crippen LogP contribution is 2.35. The Bertz CT molecular complexity index is 735. The first-order chi connectivity index (χ1) is 14.7. The molecule has 1 aromatic rings. The van der Waals surface area contributed by atoms with E-state index in [1.54, 1.807) is 0 Å². The topological polar surface area (TPSA) is 57.7 Å². The quantitative estimate of drug-likeness (QED) is 0.746. The summed E-state index contributed by atoms with van der Waals surface area (Å²) < 4.78 is 5.85. The molecule has 1 N–H and O–H groups in total. The van der Waals surface area contributed by atoms with Crippen molar-refractivity contribution in [2.75, 3.05) is 44.2 Å². The zero-order valence-electron chi connectivity index (χ0n) is 18.2. The van der Waals surface area contributed by atoms with Crippen LogP contribution in [0.2, 0.25) is 0 Å². The standard InChI is InChI=1S/C24H36N4O2/c29-22(17-19-1-2-19)26-21-5-3-18(4-6-21)8-11-27-12-14-28(15-13-27)24-23-20(7-10-25-24)9-16-30-23/h7,10,18-19,21H,1-6,8-9,11-17H2,(H,26,29)/t18-,21-. The third kappa shape index (κ3) is 4.90. The molecule has 0 unspecified atom stereocenters. The Labute approximate surface area is 180 Å². The second-order valence-corrected chi connectivity index (χ2v) is 9.77. The van der Waals surface area contributed by atoms with Crippen molar-refractivity contribution in [3.63, 3.8) is 0 Å². The largest absolute Gasteiger partial charge is 0.489 e. The van der Waals surface area contributed by atoms with Crippen LogP contribution in [0, 0.1) is 11.8 Å². The van der Waals surface area contributed by atoms with E-state index >= 15 is 0 Å². The fraction of sp³-hybridized carbons (Fsp3) is 0.750. The first-order valence-corrected chi connectivity index (χ1v) is 12.1. The summed E-state index contributed by atoms with van der Waals surface area (Å²) in [4.78, 5) is 21.7. The van der Waals surface area contributed by atoms with Gasteiger partial charge in [-0.2, -0.15) is 0 Å². The van der Waals surface area contributed by atoms with Gasteiger partial charge in [-0.15, -0.1) is 0 Å². The van der Waals surface area contributed by atoms with Gasteiger partial charge in [-0.25, -0.2) is 4.98 Å². The number of anilines is 1. The molecular weight excluding hydrogens is 376 g/mol. The van der Waals surface area contributed by atoms with Crippen LogP contribution in [0.3, 0.4) is 0 Å². The van der Waals surface area contributed by atoms with Crippen molar-refractivity contribution in [2.45, 2.75) is 63.8 Å². The SMILES string of the molecule is O=C(CC1CC1)N[C@H]1CC[C@H](CCN2CCN(c3nccc4c3OCC4)CC2)CC1. The van der Waals surface area contributed by atoms with E-state index in [4.69, 9.17) is 4.74 Å². The number of nitrogens with one attached hydrogen (secondary N) is 1. The molecule has 2 aliphatic heterocycles. The summed E-state index contributed by atoms with van der Waals surface area (Å²) in [5.41, 5.74) is 1.31. The molecule has 2 aliphatic carbocycles. The van der Waals surface area contributed by atoms with Crippen molar-refractivity contribution >= 4 is 11.7 Å². The number of carbonyl (C=O) groups is 1. The molecule has 1 aromatic heterocycles. The van der Waals surface area contributed by atoms with Crippen LogP contribution >= 0.6 is 0 Å². The predicted molar refractivity (Wildman–Crippen MR) is 118 cm³/mol. The molecule has 30 heavy (non-hydrogen) atoms. The highest BCUT2D eigenvalue weighted by Gasteiger charge is 2.28. The molecule has 5 rings (SSSR count). The van der Waals surface area contributed by atoms with Crippen molar-refractivity contribution in [2.24, 2.45) is 11.8 Å². The number of rotatable bonds is 7. The predicted octanol–water partition coefficient (Wildman–Crippen LogP) is 3.00. The van der Waals surface area contributed by atoms with Crippen LogP contribution in [-0.2, 0) is 11.2 Å².